The van der Waals surface area contributed by atoms with Crippen LogP contribution in [0.3, 0.4) is 0 Å². The Balaban J connectivity index is 2.57. The Morgan fingerprint density at radius 2 is 2.05 bits per heavy atom. The number of alkyl halides is 3. The monoisotopic (exact) mass is 293 g/mol. The lowest BCUT2D eigenvalue weighted by Gasteiger charge is -2.09. The molecule has 1 atom stereocenters. The number of hydrogen-bond donors (Lipinski definition) is 1. The minimum Gasteiger partial charge on any atom is -0.355 e. The van der Waals surface area contributed by atoms with Crippen LogP contribution in [0.25, 0.3) is 0 Å². The van der Waals surface area contributed by atoms with E-state index in [9.17, 15) is 22.2 Å². The predicted octanol–water partition coefficient (Wildman–Crippen LogP) is 1.74. The van der Waals surface area contributed by atoms with E-state index in [0.29, 0.717) is 11.3 Å². The van der Waals surface area contributed by atoms with Gasteiger partial charge in [0.15, 0.2) is 0 Å². The lowest BCUT2D eigenvalue weighted by Crippen LogP contribution is -2.28. The summed E-state index contributed by atoms with van der Waals surface area (Å²) in [6.07, 6.45) is -3.02. The van der Waals surface area contributed by atoms with Gasteiger partial charge in [-0.1, -0.05) is 18.2 Å². The summed E-state index contributed by atoms with van der Waals surface area (Å²) >= 11 is 0. The molecule has 1 aromatic carbocycles. The van der Waals surface area contributed by atoms with Crippen molar-refractivity contribution in [1.82, 2.24) is 5.32 Å². The second-order valence-electron chi connectivity index (χ2n) is 4.00. The highest BCUT2D eigenvalue weighted by Crippen LogP contribution is 2.29. The number of halogens is 3. The summed E-state index contributed by atoms with van der Waals surface area (Å²) in [5.41, 5.74) is -0.475. The highest BCUT2D eigenvalue weighted by molar-refractivity contribution is 7.84. The van der Waals surface area contributed by atoms with Crippen molar-refractivity contribution in [3.63, 3.8) is 0 Å². The number of carbonyl (C=O) groups excluding carboxylic acids is 1. The summed E-state index contributed by atoms with van der Waals surface area (Å²) in [5.74, 6) is -0.0568. The van der Waals surface area contributed by atoms with E-state index in [1.54, 1.807) is 0 Å². The van der Waals surface area contributed by atoms with Crippen molar-refractivity contribution in [3.8, 4) is 0 Å². The molecular formula is C12H14F3NO2S. The van der Waals surface area contributed by atoms with E-state index in [1.807, 2.05) is 0 Å². The Morgan fingerprint density at radius 3 is 2.63 bits per heavy atom. The van der Waals surface area contributed by atoms with E-state index in [0.717, 1.165) is 12.1 Å². The first-order valence-electron chi connectivity index (χ1n) is 5.52. The quantitative estimate of drug-likeness (QED) is 0.899. The Labute approximate surface area is 111 Å². The van der Waals surface area contributed by atoms with Gasteiger partial charge in [0.25, 0.3) is 0 Å². The third-order valence-corrected chi connectivity index (χ3v) is 3.11. The summed E-state index contributed by atoms with van der Waals surface area (Å²) in [7, 11) is -1.01. The number of carbonyl (C=O) groups is 1. The molecule has 0 aliphatic carbocycles. The first-order chi connectivity index (χ1) is 8.79. The van der Waals surface area contributed by atoms with Crippen LogP contribution in [0.2, 0.25) is 0 Å². The molecule has 0 saturated carbocycles. The summed E-state index contributed by atoms with van der Waals surface area (Å²) in [5, 5.41) is 2.51. The van der Waals surface area contributed by atoms with Gasteiger partial charge in [-0.25, -0.2) is 0 Å². The van der Waals surface area contributed by atoms with Gasteiger partial charge in [0.2, 0.25) is 5.91 Å². The Hall–Kier alpha value is -1.37. The summed E-state index contributed by atoms with van der Waals surface area (Å²) in [6, 6.07) is 4.65. The van der Waals surface area contributed by atoms with E-state index in [2.05, 4.69) is 5.32 Å². The van der Waals surface area contributed by atoms with Crippen molar-refractivity contribution in [1.29, 1.82) is 0 Å². The molecule has 7 heteroatoms. The molecule has 19 heavy (non-hydrogen) atoms. The highest BCUT2D eigenvalue weighted by atomic mass is 32.2. The molecule has 0 radical (unpaired) electrons. The van der Waals surface area contributed by atoms with Gasteiger partial charge in [-0.3, -0.25) is 9.00 Å². The van der Waals surface area contributed by atoms with E-state index in [4.69, 9.17) is 0 Å². The van der Waals surface area contributed by atoms with Gasteiger partial charge in [-0.05, 0) is 11.6 Å². The van der Waals surface area contributed by atoms with Crippen LogP contribution in [0.15, 0.2) is 24.3 Å². The molecule has 1 N–H and O–H groups in total. The first-order valence-corrected chi connectivity index (χ1v) is 7.24. The lowest BCUT2D eigenvalue weighted by atomic mass is 10.1. The van der Waals surface area contributed by atoms with Crippen LogP contribution in [0.4, 0.5) is 13.2 Å². The van der Waals surface area contributed by atoms with Crippen LogP contribution in [0, 0.1) is 0 Å². The van der Waals surface area contributed by atoms with E-state index in [1.165, 1.54) is 18.4 Å². The van der Waals surface area contributed by atoms with Crippen LogP contribution < -0.4 is 5.32 Å². The number of rotatable bonds is 5. The fourth-order valence-electron chi connectivity index (χ4n) is 1.44. The average Bonchev–Trinajstić information content (AvgIpc) is 2.27. The largest absolute Gasteiger partial charge is 0.416 e. The zero-order valence-corrected chi connectivity index (χ0v) is 11.1. The molecule has 0 bridgehead atoms. The fourth-order valence-corrected chi connectivity index (χ4v) is 1.83. The second-order valence-corrected chi connectivity index (χ2v) is 5.56. The SMILES string of the molecule is CS(=O)CCNC(=O)Cc1cccc(C(F)(F)F)c1. The molecule has 0 aliphatic heterocycles. The summed E-state index contributed by atoms with van der Waals surface area (Å²) in [6.45, 7) is 0.251. The molecule has 1 rings (SSSR count). The molecule has 0 heterocycles. The lowest BCUT2D eigenvalue weighted by molar-refractivity contribution is -0.137. The molecule has 0 aromatic heterocycles. The molecule has 1 aromatic rings. The van der Waals surface area contributed by atoms with Crippen molar-refractivity contribution in [3.05, 3.63) is 35.4 Å². The van der Waals surface area contributed by atoms with Crippen LogP contribution in [-0.4, -0.2) is 28.7 Å². The fraction of sp³-hybridized carbons (Fsp3) is 0.417. The number of amides is 1. The smallest absolute Gasteiger partial charge is 0.355 e. The normalized spacial score (nSPS) is 13.1. The molecule has 1 amide bonds. The van der Waals surface area contributed by atoms with Gasteiger partial charge in [0.05, 0.1) is 12.0 Å². The molecular weight excluding hydrogens is 279 g/mol. The highest BCUT2D eigenvalue weighted by Gasteiger charge is 2.30. The Morgan fingerprint density at radius 1 is 1.37 bits per heavy atom. The molecule has 1 unspecified atom stereocenters. The van der Waals surface area contributed by atoms with Crippen molar-refractivity contribution in [2.45, 2.75) is 12.6 Å². The molecule has 106 valence electrons. The van der Waals surface area contributed by atoms with Gasteiger partial charge in [0, 0.05) is 29.4 Å². The minimum atomic E-state index is -4.41. The zero-order valence-electron chi connectivity index (χ0n) is 10.3. The Kier molecular flexibility index (Phi) is 5.53. The molecule has 0 saturated heterocycles. The second kappa shape index (κ2) is 6.70. The number of hydrogen-bond acceptors (Lipinski definition) is 2. The van der Waals surface area contributed by atoms with Crippen molar-refractivity contribution in [2.24, 2.45) is 0 Å². The molecule has 3 nitrogen and oxygen atoms in total. The van der Waals surface area contributed by atoms with Crippen LogP contribution in [0.1, 0.15) is 11.1 Å². The summed E-state index contributed by atoms with van der Waals surface area (Å²) in [4.78, 5) is 11.5. The minimum absolute atomic E-state index is 0.125. The first kappa shape index (κ1) is 15.7. The standard InChI is InChI=1S/C12H14F3NO2S/c1-19(18)6-5-16-11(17)8-9-3-2-4-10(7-9)12(13,14)15/h2-4,7H,5-6,8H2,1H3,(H,16,17). The maximum absolute atomic E-state index is 12.5. The number of nitrogens with one attached hydrogen (secondary N) is 1. The third-order valence-electron chi connectivity index (χ3n) is 2.33. The maximum Gasteiger partial charge on any atom is 0.416 e. The van der Waals surface area contributed by atoms with Crippen molar-refractivity contribution < 1.29 is 22.2 Å². The van der Waals surface area contributed by atoms with E-state index in [-0.39, 0.29) is 18.9 Å². The van der Waals surface area contributed by atoms with Gasteiger partial charge in [0.1, 0.15) is 0 Å². The van der Waals surface area contributed by atoms with Gasteiger partial charge in [-0.2, -0.15) is 13.2 Å². The Bertz CT molecular complexity index is 474. The van der Waals surface area contributed by atoms with E-state index >= 15 is 0 Å². The predicted molar refractivity (Wildman–Crippen MR) is 67.1 cm³/mol. The molecule has 0 aliphatic rings. The zero-order chi connectivity index (χ0) is 14.5. The van der Waals surface area contributed by atoms with Gasteiger partial charge >= 0.3 is 6.18 Å². The topological polar surface area (TPSA) is 46.2 Å². The average molecular weight is 293 g/mol. The number of benzene rings is 1. The van der Waals surface area contributed by atoms with Crippen LogP contribution >= 0.6 is 0 Å². The maximum atomic E-state index is 12.5. The van der Waals surface area contributed by atoms with Crippen LogP contribution in [0.5, 0.6) is 0 Å². The van der Waals surface area contributed by atoms with Crippen molar-refractivity contribution >= 4 is 16.7 Å². The van der Waals surface area contributed by atoms with Crippen LogP contribution in [-0.2, 0) is 28.2 Å². The summed E-state index contributed by atoms with van der Waals surface area (Å²) < 4.78 is 48.2. The third kappa shape index (κ3) is 5.87. The van der Waals surface area contributed by atoms with E-state index < -0.39 is 22.5 Å². The molecule has 0 fully saturated rings. The van der Waals surface area contributed by atoms with Crippen molar-refractivity contribution in [2.75, 3.05) is 18.6 Å². The van der Waals surface area contributed by atoms with Gasteiger partial charge < -0.3 is 5.32 Å². The van der Waals surface area contributed by atoms with Gasteiger partial charge in [-0.15, -0.1) is 0 Å². The molecule has 0 spiro atoms.